The van der Waals surface area contributed by atoms with E-state index < -0.39 is 0 Å². The van der Waals surface area contributed by atoms with Crippen molar-refractivity contribution < 1.29 is 0 Å². The molecule has 0 radical (unpaired) electrons. The number of hydrogen-bond donors (Lipinski definition) is 2. The van der Waals surface area contributed by atoms with Crippen LogP contribution in [0.4, 0.5) is 11.4 Å². The smallest absolute Gasteiger partial charge is 0.0363 e. The van der Waals surface area contributed by atoms with Crippen molar-refractivity contribution in [3.05, 3.63) is 23.8 Å². The van der Waals surface area contributed by atoms with Gasteiger partial charge in [0.15, 0.2) is 0 Å². The van der Waals surface area contributed by atoms with Gasteiger partial charge in [0.05, 0.1) is 0 Å². The van der Waals surface area contributed by atoms with Crippen LogP contribution < -0.4 is 11.1 Å². The molecule has 0 saturated heterocycles. The molecule has 0 spiro atoms. The van der Waals surface area contributed by atoms with Crippen molar-refractivity contribution in [2.75, 3.05) is 17.6 Å². The molecule has 0 aliphatic rings. The lowest BCUT2D eigenvalue weighted by Crippen LogP contribution is -2.22. The molecule has 0 fully saturated rings. The van der Waals surface area contributed by atoms with Crippen LogP contribution in [0.3, 0.4) is 0 Å². The van der Waals surface area contributed by atoms with Crippen LogP contribution in [0, 0.1) is 12.3 Å². The molecular weight excluding hydrogens is 184 g/mol. The van der Waals surface area contributed by atoms with E-state index in [2.05, 4.69) is 39.1 Å². The Labute approximate surface area is 92.9 Å². The number of nitrogen functional groups attached to an aromatic ring is 1. The van der Waals surface area contributed by atoms with Crippen LogP contribution in [0.5, 0.6) is 0 Å². The van der Waals surface area contributed by atoms with Crippen molar-refractivity contribution in [1.29, 1.82) is 0 Å². The summed E-state index contributed by atoms with van der Waals surface area (Å²) in [6.07, 6.45) is 1.17. The molecule has 3 N–H and O–H groups in total. The summed E-state index contributed by atoms with van der Waals surface area (Å²) in [5, 5.41) is 3.44. The molecule has 0 unspecified atom stereocenters. The summed E-state index contributed by atoms with van der Waals surface area (Å²) in [7, 11) is 0. The van der Waals surface area contributed by atoms with E-state index in [-0.39, 0.29) is 0 Å². The van der Waals surface area contributed by atoms with Crippen molar-refractivity contribution >= 4 is 11.4 Å². The molecule has 1 rings (SSSR count). The SMILES string of the molecule is CCC(C)(C)CNc1cc(C)cc(N)c1. The van der Waals surface area contributed by atoms with E-state index in [4.69, 9.17) is 5.73 Å². The van der Waals surface area contributed by atoms with Crippen molar-refractivity contribution in [3.8, 4) is 0 Å². The van der Waals surface area contributed by atoms with Crippen LogP contribution >= 0.6 is 0 Å². The third-order valence-corrected chi connectivity index (χ3v) is 2.83. The third-order valence-electron chi connectivity index (χ3n) is 2.83. The van der Waals surface area contributed by atoms with Crippen molar-refractivity contribution in [3.63, 3.8) is 0 Å². The van der Waals surface area contributed by atoms with Gasteiger partial charge in [0, 0.05) is 17.9 Å². The highest BCUT2D eigenvalue weighted by Crippen LogP contribution is 2.22. The van der Waals surface area contributed by atoms with Gasteiger partial charge in [-0.1, -0.05) is 20.8 Å². The highest BCUT2D eigenvalue weighted by Gasteiger charge is 2.14. The fourth-order valence-electron chi connectivity index (χ4n) is 1.38. The van der Waals surface area contributed by atoms with Gasteiger partial charge in [-0.15, -0.1) is 0 Å². The molecule has 0 aromatic heterocycles. The van der Waals surface area contributed by atoms with Gasteiger partial charge in [-0.3, -0.25) is 0 Å². The average Bonchev–Trinajstić information content (AvgIpc) is 2.14. The second-order valence-corrected chi connectivity index (χ2v) is 5.00. The lowest BCUT2D eigenvalue weighted by Gasteiger charge is -2.23. The molecule has 0 aliphatic heterocycles. The molecule has 0 amide bonds. The predicted octanol–water partition coefficient (Wildman–Crippen LogP) is 3.43. The van der Waals surface area contributed by atoms with Gasteiger partial charge in [0.25, 0.3) is 0 Å². The molecule has 0 bridgehead atoms. The summed E-state index contributed by atoms with van der Waals surface area (Å²) < 4.78 is 0. The van der Waals surface area contributed by atoms with Crippen molar-refractivity contribution in [2.45, 2.75) is 34.1 Å². The Morgan fingerprint density at radius 3 is 2.47 bits per heavy atom. The highest BCUT2D eigenvalue weighted by atomic mass is 14.9. The van der Waals surface area contributed by atoms with Crippen LogP contribution in [-0.2, 0) is 0 Å². The van der Waals surface area contributed by atoms with Gasteiger partial charge < -0.3 is 11.1 Å². The van der Waals surface area contributed by atoms with Crippen molar-refractivity contribution in [2.24, 2.45) is 5.41 Å². The first kappa shape index (κ1) is 11.9. The molecule has 1 aromatic rings. The van der Waals surface area contributed by atoms with E-state index >= 15 is 0 Å². The van der Waals surface area contributed by atoms with Crippen LogP contribution in [0.2, 0.25) is 0 Å². The largest absolute Gasteiger partial charge is 0.399 e. The Bertz CT molecular complexity index is 309. The molecule has 2 nitrogen and oxygen atoms in total. The molecule has 0 heterocycles. The lowest BCUT2D eigenvalue weighted by atomic mass is 9.90. The molecule has 2 heteroatoms. The Morgan fingerprint density at radius 2 is 1.93 bits per heavy atom. The lowest BCUT2D eigenvalue weighted by molar-refractivity contribution is 0.377. The molecule has 0 atom stereocenters. The maximum Gasteiger partial charge on any atom is 0.0363 e. The minimum atomic E-state index is 0.332. The highest BCUT2D eigenvalue weighted by molar-refractivity contribution is 5.56. The normalized spacial score (nSPS) is 11.5. The quantitative estimate of drug-likeness (QED) is 0.741. The molecule has 0 saturated carbocycles. The number of nitrogens with two attached hydrogens (primary N) is 1. The molecule has 0 aliphatic carbocycles. The molecule has 84 valence electrons. The molecular formula is C13H22N2. The van der Waals surface area contributed by atoms with Gasteiger partial charge in [-0.2, -0.15) is 0 Å². The van der Waals surface area contributed by atoms with E-state index in [0.717, 1.165) is 17.9 Å². The summed E-state index contributed by atoms with van der Waals surface area (Å²) in [5.74, 6) is 0. The monoisotopic (exact) mass is 206 g/mol. The van der Waals surface area contributed by atoms with E-state index in [0.29, 0.717) is 5.41 Å². The van der Waals surface area contributed by atoms with E-state index in [9.17, 15) is 0 Å². The summed E-state index contributed by atoms with van der Waals surface area (Å²) in [6.45, 7) is 9.78. The summed E-state index contributed by atoms with van der Waals surface area (Å²) >= 11 is 0. The Balaban J connectivity index is 2.65. The van der Waals surface area contributed by atoms with E-state index in [1.165, 1.54) is 12.0 Å². The zero-order valence-electron chi connectivity index (χ0n) is 10.2. The second-order valence-electron chi connectivity index (χ2n) is 5.00. The fraction of sp³-hybridized carbons (Fsp3) is 0.538. The number of rotatable bonds is 4. The number of nitrogens with one attached hydrogen (secondary N) is 1. The molecule has 15 heavy (non-hydrogen) atoms. The maximum atomic E-state index is 5.79. The van der Waals surface area contributed by atoms with Gasteiger partial charge in [0.1, 0.15) is 0 Å². The van der Waals surface area contributed by atoms with Crippen LogP contribution in [0.25, 0.3) is 0 Å². The average molecular weight is 206 g/mol. The number of hydrogen-bond acceptors (Lipinski definition) is 2. The first-order chi connectivity index (χ1) is 6.93. The molecule has 1 aromatic carbocycles. The Hall–Kier alpha value is -1.18. The first-order valence-electron chi connectivity index (χ1n) is 5.54. The summed E-state index contributed by atoms with van der Waals surface area (Å²) in [6, 6.07) is 6.09. The summed E-state index contributed by atoms with van der Waals surface area (Å²) in [5.41, 5.74) is 9.27. The van der Waals surface area contributed by atoms with Gasteiger partial charge in [-0.05, 0) is 42.5 Å². The van der Waals surface area contributed by atoms with Crippen LogP contribution in [0.1, 0.15) is 32.8 Å². The van der Waals surface area contributed by atoms with E-state index in [1.54, 1.807) is 0 Å². The summed E-state index contributed by atoms with van der Waals surface area (Å²) in [4.78, 5) is 0. The Kier molecular flexibility index (Phi) is 3.61. The maximum absolute atomic E-state index is 5.79. The van der Waals surface area contributed by atoms with Gasteiger partial charge >= 0.3 is 0 Å². The standard InChI is InChI=1S/C13H22N2/c1-5-13(3,4)9-15-12-7-10(2)6-11(14)8-12/h6-8,15H,5,9,14H2,1-4H3. The van der Waals surface area contributed by atoms with Crippen molar-refractivity contribution in [1.82, 2.24) is 0 Å². The second kappa shape index (κ2) is 4.56. The zero-order chi connectivity index (χ0) is 11.5. The topological polar surface area (TPSA) is 38.0 Å². The van der Waals surface area contributed by atoms with E-state index in [1.807, 2.05) is 12.1 Å². The van der Waals surface area contributed by atoms with Gasteiger partial charge in [0.2, 0.25) is 0 Å². The zero-order valence-corrected chi connectivity index (χ0v) is 10.2. The van der Waals surface area contributed by atoms with Gasteiger partial charge in [-0.25, -0.2) is 0 Å². The third kappa shape index (κ3) is 3.82. The Morgan fingerprint density at radius 1 is 1.27 bits per heavy atom. The number of benzene rings is 1. The number of aryl methyl sites for hydroxylation is 1. The first-order valence-corrected chi connectivity index (χ1v) is 5.54. The van der Waals surface area contributed by atoms with Crippen LogP contribution in [0.15, 0.2) is 18.2 Å². The fourth-order valence-corrected chi connectivity index (χ4v) is 1.38. The number of anilines is 2. The minimum absolute atomic E-state index is 0.332. The predicted molar refractivity (Wildman–Crippen MR) is 68.2 cm³/mol. The minimum Gasteiger partial charge on any atom is -0.399 e. The van der Waals surface area contributed by atoms with Crippen LogP contribution in [-0.4, -0.2) is 6.54 Å².